The van der Waals surface area contributed by atoms with Gasteiger partial charge in [-0.15, -0.1) is 0 Å². The number of hydrogen-bond acceptors (Lipinski definition) is 6. The Morgan fingerprint density at radius 2 is 2.10 bits per heavy atom. The van der Waals surface area contributed by atoms with Gasteiger partial charge in [0.1, 0.15) is 12.7 Å². The van der Waals surface area contributed by atoms with Crippen molar-refractivity contribution < 1.29 is 0 Å². The SMILES string of the molecule is NNCNc1ncncn1. The van der Waals surface area contributed by atoms with Crippen LogP contribution in [0.4, 0.5) is 5.95 Å². The van der Waals surface area contributed by atoms with Crippen LogP contribution in [0.1, 0.15) is 0 Å². The van der Waals surface area contributed by atoms with E-state index in [1.807, 2.05) is 0 Å². The molecule has 1 heterocycles. The average molecular weight is 140 g/mol. The number of nitrogens with two attached hydrogens (primary N) is 1. The molecule has 0 atom stereocenters. The van der Waals surface area contributed by atoms with Gasteiger partial charge >= 0.3 is 0 Å². The summed E-state index contributed by atoms with van der Waals surface area (Å²) in [5.74, 6) is 5.50. The van der Waals surface area contributed by atoms with Crippen LogP contribution < -0.4 is 16.6 Å². The lowest BCUT2D eigenvalue weighted by Crippen LogP contribution is -2.28. The van der Waals surface area contributed by atoms with Gasteiger partial charge in [0.15, 0.2) is 0 Å². The summed E-state index contributed by atoms with van der Waals surface area (Å²) >= 11 is 0. The quantitative estimate of drug-likeness (QED) is 0.275. The topological polar surface area (TPSA) is 88.8 Å². The molecule has 0 fully saturated rings. The fourth-order valence-electron chi connectivity index (χ4n) is 0.461. The van der Waals surface area contributed by atoms with Crippen LogP contribution in [0.2, 0.25) is 0 Å². The Balaban J connectivity index is 2.43. The fraction of sp³-hybridized carbons (Fsp3) is 0.250. The minimum absolute atomic E-state index is 0.435. The van der Waals surface area contributed by atoms with E-state index < -0.39 is 0 Å². The molecule has 0 unspecified atom stereocenters. The largest absolute Gasteiger partial charge is 0.340 e. The Morgan fingerprint density at radius 3 is 2.70 bits per heavy atom. The normalized spacial score (nSPS) is 9.30. The lowest BCUT2D eigenvalue weighted by Gasteiger charge is -1.99. The number of aromatic nitrogens is 3. The summed E-state index contributed by atoms with van der Waals surface area (Å²) in [4.78, 5) is 11.2. The Labute approximate surface area is 57.9 Å². The second kappa shape index (κ2) is 3.70. The molecule has 10 heavy (non-hydrogen) atoms. The molecule has 6 nitrogen and oxygen atoms in total. The number of hydrazine groups is 1. The van der Waals surface area contributed by atoms with Crippen LogP contribution in [-0.4, -0.2) is 21.6 Å². The van der Waals surface area contributed by atoms with Gasteiger partial charge in [0.2, 0.25) is 5.95 Å². The zero-order valence-electron chi connectivity index (χ0n) is 5.28. The minimum Gasteiger partial charge on any atom is -0.340 e. The highest BCUT2D eigenvalue weighted by molar-refractivity contribution is 5.19. The van der Waals surface area contributed by atoms with Crippen molar-refractivity contribution in [2.24, 2.45) is 5.84 Å². The maximum absolute atomic E-state index is 4.99. The van der Waals surface area contributed by atoms with Crippen molar-refractivity contribution in [2.75, 3.05) is 12.0 Å². The molecule has 0 amide bonds. The van der Waals surface area contributed by atoms with Crippen LogP contribution in [0, 0.1) is 0 Å². The summed E-state index contributed by atoms with van der Waals surface area (Å²) in [5, 5.41) is 2.80. The Morgan fingerprint density at radius 1 is 1.40 bits per heavy atom. The summed E-state index contributed by atoms with van der Waals surface area (Å²) in [6.07, 6.45) is 2.82. The molecule has 54 valence electrons. The Bertz CT molecular complexity index is 174. The van der Waals surface area contributed by atoms with Gasteiger partial charge in [-0.05, 0) is 0 Å². The highest BCUT2D eigenvalue weighted by atomic mass is 15.3. The fourth-order valence-corrected chi connectivity index (χ4v) is 0.461. The monoisotopic (exact) mass is 140 g/mol. The number of nitrogens with one attached hydrogen (secondary N) is 2. The van der Waals surface area contributed by atoms with E-state index >= 15 is 0 Å². The molecular formula is C4H8N6. The van der Waals surface area contributed by atoms with Gasteiger partial charge in [-0.2, -0.15) is 0 Å². The molecule has 1 rings (SSSR count). The smallest absolute Gasteiger partial charge is 0.226 e. The van der Waals surface area contributed by atoms with Crippen LogP contribution in [0.3, 0.4) is 0 Å². The first-order valence-electron chi connectivity index (χ1n) is 2.73. The molecule has 1 aromatic heterocycles. The number of rotatable bonds is 3. The van der Waals surface area contributed by atoms with Crippen molar-refractivity contribution in [3.63, 3.8) is 0 Å². The molecule has 6 heteroatoms. The molecular weight excluding hydrogens is 132 g/mol. The number of nitrogens with zero attached hydrogens (tertiary/aromatic N) is 3. The first kappa shape index (κ1) is 6.84. The highest BCUT2D eigenvalue weighted by Crippen LogP contribution is 1.87. The van der Waals surface area contributed by atoms with Gasteiger partial charge in [0, 0.05) is 0 Å². The first-order valence-corrected chi connectivity index (χ1v) is 2.73. The van der Waals surface area contributed by atoms with Gasteiger partial charge < -0.3 is 5.32 Å². The molecule has 4 N–H and O–H groups in total. The van der Waals surface area contributed by atoms with Crippen molar-refractivity contribution in [3.05, 3.63) is 12.7 Å². The van der Waals surface area contributed by atoms with Gasteiger partial charge in [-0.3, -0.25) is 5.84 Å². The van der Waals surface area contributed by atoms with Crippen LogP contribution >= 0.6 is 0 Å². The zero-order chi connectivity index (χ0) is 7.23. The lowest BCUT2D eigenvalue weighted by atomic mass is 10.9. The first-order chi connectivity index (χ1) is 4.93. The van der Waals surface area contributed by atoms with E-state index in [1.54, 1.807) is 0 Å². The average Bonchev–Trinajstić information content (AvgIpc) is 2.03. The van der Waals surface area contributed by atoms with E-state index in [9.17, 15) is 0 Å². The van der Waals surface area contributed by atoms with Gasteiger partial charge in [-0.25, -0.2) is 20.4 Å². The van der Waals surface area contributed by atoms with Crippen LogP contribution in [-0.2, 0) is 0 Å². The standard InChI is InChI=1S/C4H8N6/c5-10-3-9-4-7-1-6-2-8-4/h1-2,10H,3,5H2,(H,6,7,8,9). The second-order valence-electron chi connectivity index (χ2n) is 1.52. The summed E-state index contributed by atoms with van der Waals surface area (Å²) in [5.41, 5.74) is 2.40. The molecule has 0 saturated heterocycles. The molecule has 0 spiro atoms. The van der Waals surface area contributed by atoms with Gasteiger partial charge in [0.25, 0.3) is 0 Å². The summed E-state index contributed by atoms with van der Waals surface area (Å²) < 4.78 is 0. The summed E-state index contributed by atoms with van der Waals surface area (Å²) in [7, 11) is 0. The minimum atomic E-state index is 0.435. The van der Waals surface area contributed by atoms with Crippen LogP contribution in [0.25, 0.3) is 0 Å². The maximum atomic E-state index is 4.99. The van der Waals surface area contributed by atoms with Crippen molar-refractivity contribution in [3.8, 4) is 0 Å². The molecule has 0 aliphatic heterocycles. The second-order valence-corrected chi connectivity index (χ2v) is 1.52. The third kappa shape index (κ3) is 1.92. The molecule has 0 radical (unpaired) electrons. The molecule has 1 aromatic rings. The summed E-state index contributed by atoms with van der Waals surface area (Å²) in [6, 6.07) is 0. The van der Waals surface area contributed by atoms with Gasteiger partial charge in [0.05, 0.1) is 6.67 Å². The van der Waals surface area contributed by atoms with E-state index in [0.29, 0.717) is 12.6 Å². The van der Waals surface area contributed by atoms with E-state index in [4.69, 9.17) is 5.84 Å². The van der Waals surface area contributed by atoms with E-state index in [2.05, 4.69) is 25.7 Å². The van der Waals surface area contributed by atoms with Crippen molar-refractivity contribution in [1.29, 1.82) is 0 Å². The Hall–Kier alpha value is -1.27. The number of anilines is 1. The van der Waals surface area contributed by atoms with Gasteiger partial charge in [-0.1, -0.05) is 0 Å². The van der Waals surface area contributed by atoms with Crippen LogP contribution in [0.15, 0.2) is 12.7 Å². The zero-order valence-corrected chi connectivity index (χ0v) is 5.28. The number of hydrogen-bond donors (Lipinski definition) is 3. The third-order valence-electron chi connectivity index (χ3n) is 0.842. The van der Waals surface area contributed by atoms with Crippen molar-refractivity contribution in [1.82, 2.24) is 20.4 Å². The van der Waals surface area contributed by atoms with Crippen molar-refractivity contribution >= 4 is 5.95 Å². The van der Waals surface area contributed by atoms with E-state index in [0.717, 1.165) is 0 Å². The predicted octanol–water partition coefficient (Wildman–Crippen LogP) is -1.30. The molecule has 0 bridgehead atoms. The molecule has 0 aromatic carbocycles. The lowest BCUT2D eigenvalue weighted by molar-refractivity contribution is 0.780. The predicted molar refractivity (Wildman–Crippen MR) is 35.6 cm³/mol. The molecule has 0 aliphatic rings. The van der Waals surface area contributed by atoms with Crippen LogP contribution in [0.5, 0.6) is 0 Å². The Kier molecular flexibility index (Phi) is 2.53. The molecule has 0 aliphatic carbocycles. The highest BCUT2D eigenvalue weighted by Gasteiger charge is 1.87. The molecule has 0 saturated carbocycles. The van der Waals surface area contributed by atoms with E-state index in [1.165, 1.54) is 12.7 Å². The maximum Gasteiger partial charge on any atom is 0.226 e. The van der Waals surface area contributed by atoms with Crippen molar-refractivity contribution in [2.45, 2.75) is 0 Å². The summed E-state index contributed by atoms with van der Waals surface area (Å²) in [6.45, 7) is 0.435. The van der Waals surface area contributed by atoms with E-state index in [-0.39, 0.29) is 0 Å². The third-order valence-corrected chi connectivity index (χ3v) is 0.842.